The molecule has 1 N–H and O–H groups in total. The summed E-state index contributed by atoms with van der Waals surface area (Å²) in [6, 6.07) is 14.6. The number of fused-ring (bicyclic) bond motifs is 2. The Balaban J connectivity index is 1.74. The van der Waals surface area contributed by atoms with Crippen molar-refractivity contribution in [2.75, 3.05) is 20.1 Å². The fourth-order valence-electron chi connectivity index (χ4n) is 3.57. The van der Waals surface area contributed by atoms with Crippen molar-refractivity contribution >= 4 is 23.4 Å². The second kappa shape index (κ2) is 6.39. The van der Waals surface area contributed by atoms with E-state index in [1.165, 1.54) is 36.4 Å². The van der Waals surface area contributed by atoms with Crippen LogP contribution in [0.25, 0.3) is 0 Å². The van der Waals surface area contributed by atoms with E-state index in [4.69, 9.17) is 16.3 Å². The molecular formula is C19H21ClNOS+. The van der Waals surface area contributed by atoms with Crippen molar-refractivity contribution in [3.63, 3.8) is 0 Å². The summed E-state index contributed by atoms with van der Waals surface area (Å²) in [5.74, 6) is 1.50. The summed E-state index contributed by atoms with van der Waals surface area (Å²) in [5.41, 5.74) is 1.33. The van der Waals surface area contributed by atoms with Gasteiger partial charge in [-0.25, -0.2) is 0 Å². The normalized spacial score (nSPS) is 26.6. The molecule has 0 spiro atoms. The van der Waals surface area contributed by atoms with Crippen LogP contribution in [-0.4, -0.2) is 20.1 Å². The lowest BCUT2D eigenvalue weighted by Gasteiger charge is -2.32. The maximum atomic E-state index is 6.52. The van der Waals surface area contributed by atoms with Gasteiger partial charge in [-0.3, -0.25) is 0 Å². The van der Waals surface area contributed by atoms with Gasteiger partial charge in [0.1, 0.15) is 11.9 Å². The Morgan fingerprint density at radius 2 is 1.87 bits per heavy atom. The van der Waals surface area contributed by atoms with Crippen LogP contribution in [0.5, 0.6) is 5.75 Å². The van der Waals surface area contributed by atoms with Crippen LogP contribution in [0.4, 0.5) is 0 Å². The second-order valence-electron chi connectivity index (χ2n) is 6.56. The van der Waals surface area contributed by atoms with Gasteiger partial charge in [0, 0.05) is 34.2 Å². The van der Waals surface area contributed by atoms with Crippen LogP contribution < -0.4 is 9.64 Å². The topological polar surface area (TPSA) is 13.7 Å². The van der Waals surface area contributed by atoms with E-state index < -0.39 is 0 Å². The molecule has 0 aromatic heterocycles. The highest BCUT2D eigenvalue weighted by Crippen LogP contribution is 2.47. The number of benzene rings is 2. The molecule has 4 rings (SSSR count). The second-order valence-corrected chi connectivity index (χ2v) is 8.08. The largest absolute Gasteiger partial charge is 0.484 e. The number of piperidine rings is 1. The van der Waals surface area contributed by atoms with Gasteiger partial charge in [-0.05, 0) is 24.3 Å². The molecule has 2 heterocycles. The van der Waals surface area contributed by atoms with Crippen molar-refractivity contribution in [3.05, 3.63) is 53.1 Å². The van der Waals surface area contributed by atoms with E-state index in [9.17, 15) is 0 Å². The number of ether oxygens (including phenoxy) is 1. The molecule has 120 valence electrons. The number of rotatable bonds is 1. The lowest BCUT2D eigenvalue weighted by molar-refractivity contribution is -0.886. The van der Waals surface area contributed by atoms with E-state index >= 15 is 0 Å². The molecule has 2 aliphatic heterocycles. The molecule has 2 aromatic carbocycles. The zero-order chi connectivity index (χ0) is 15.8. The first-order valence-electron chi connectivity index (χ1n) is 8.25. The lowest BCUT2D eigenvalue weighted by atomic mass is 9.87. The molecule has 1 fully saturated rings. The maximum Gasteiger partial charge on any atom is 0.135 e. The Morgan fingerprint density at radius 1 is 1.09 bits per heavy atom. The number of nitrogens with one attached hydrogen (secondary N) is 1. The Hall–Kier alpha value is -1.16. The molecule has 2 nitrogen and oxygen atoms in total. The molecule has 1 saturated heterocycles. The number of halogens is 1. The van der Waals surface area contributed by atoms with Crippen molar-refractivity contribution < 1.29 is 9.64 Å². The highest BCUT2D eigenvalue weighted by molar-refractivity contribution is 7.99. The van der Waals surface area contributed by atoms with E-state index in [1.807, 2.05) is 12.1 Å². The molecule has 0 unspecified atom stereocenters. The Kier molecular flexibility index (Phi) is 4.27. The molecule has 0 radical (unpaired) electrons. The molecule has 4 heteroatoms. The van der Waals surface area contributed by atoms with Crippen molar-refractivity contribution in [1.29, 1.82) is 0 Å². The molecule has 0 saturated carbocycles. The van der Waals surface area contributed by atoms with E-state index in [1.54, 1.807) is 16.7 Å². The van der Waals surface area contributed by atoms with Crippen molar-refractivity contribution in [3.8, 4) is 5.75 Å². The smallest absolute Gasteiger partial charge is 0.135 e. The minimum atomic E-state index is 0.131. The van der Waals surface area contributed by atoms with Gasteiger partial charge in [0.05, 0.1) is 25.0 Å². The van der Waals surface area contributed by atoms with Gasteiger partial charge >= 0.3 is 0 Å². The lowest BCUT2D eigenvalue weighted by Crippen LogP contribution is -3.10. The van der Waals surface area contributed by atoms with Crippen molar-refractivity contribution in [2.45, 2.75) is 28.7 Å². The standard InChI is InChI=1S/C19H20ClNOS/c1-21-10-8-13(9-11-21)19-15-4-2-3-5-17(15)23-18-7-6-14(20)12-16(18)22-19/h2-7,12-13,19H,8-11H2,1H3/p+1/t19-/m0/s1. The first-order chi connectivity index (χ1) is 11.2. The number of hydrogen-bond donors (Lipinski definition) is 1. The van der Waals surface area contributed by atoms with Gasteiger partial charge in [0.25, 0.3) is 0 Å². The summed E-state index contributed by atoms with van der Waals surface area (Å²) in [7, 11) is 2.28. The van der Waals surface area contributed by atoms with Crippen LogP contribution in [0.1, 0.15) is 24.5 Å². The predicted molar refractivity (Wildman–Crippen MR) is 94.7 cm³/mol. The SMILES string of the molecule is C[NH+]1CCC([C@@H]2Oc3cc(Cl)ccc3Sc3ccccc32)CC1. The fraction of sp³-hybridized carbons (Fsp3) is 0.368. The monoisotopic (exact) mass is 346 g/mol. The summed E-state index contributed by atoms with van der Waals surface area (Å²) in [6.45, 7) is 2.45. The summed E-state index contributed by atoms with van der Waals surface area (Å²) in [4.78, 5) is 4.09. The maximum absolute atomic E-state index is 6.52. The number of likely N-dealkylation sites (tertiary alicyclic amines) is 1. The Morgan fingerprint density at radius 3 is 2.70 bits per heavy atom. The van der Waals surface area contributed by atoms with Crippen LogP contribution in [0.15, 0.2) is 52.3 Å². The van der Waals surface area contributed by atoms with Gasteiger partial charge < -0.3 is 9.64 Å². The van der Waals surface area contributed by atoms with Crippen LogP contribution in [0.2, 0.25) is 5.02 Å². The van der Waals surface area contributed by atoms with Crippen LogP contribution >= 0.6 is 23.4 Å². The Labute approximate surface area is 146 Å². The third-order valence-corrected chi connectivity index (χ3v) is 6.30. The van der Waals surface area contributed by atoms with Gasteiger partial charge in [-0.15, -0.1) is 0 Å². The van der Waals surface area contributed by atoms with Gasteiger partial charge in [0.15, 0.2) is 0 Å². The van der Waals surface area contributed by atoms with Gasteiger partial charge in [0.2, 0.25) is 0 Å². The minimum absolute atomic E-state index is 0.131. The molecular weight excluding hydrogens is 326 g/mol. The van der Waals surface area contributed by atoms with E-state index in [2.05, 4.69) is 37.4 Å². The van der Waals surface area contributed by atoms with Gasteiger partial charge in [-0.1, -0.05) is 41.6 Å². The number of quaternary nitrogens is 1. The highest BCUT2D eigenvalue weighted by atomic mass is 35.5. The predicted octanol–water partition coefficient (Wildman–Crippen LogP) is 3.85. The number of hydrogen-bond acceptors (Lipinski definition) is 2. The van der Waals surface area contributed by atoms with Gasteiger partial charge in [-0.2, -0.15) is 0 Å². The van der Waals surface area contributed by atoms with E-state index in [0.717, 1.165) is 15.7 Å². The van der Waals surface area contributed by atoms with Crippen LogP contribution in [0.3, 0.4) is 0 Å². The summed E-state index contributed by atoms with van der Waals surface area (Å²) in [6.07, 6.45) is 2.56. The average molecular weight is 347 g/mol. The zero-order valence-electron chi connectivity index (χ0n) is 13.2. The van der Waals surface area contributed by atoms with Crippen molar-refractivity contribution in [2.24, 2.45) is 5.92 Å². The van der Waals surface area contributed by atoms with Crippen molar-refractivity contribution in [1.82, 2.24) is 0 Å². The van der Waals surface area contributed by atoms with Crippen LogP contribution in [0, 0.1) is 5.92 Å². The average Bonchev–Trinajstić information content (AvgIpc) is 2.72. The van der Waals surface area contributed by atoms with E-state index in [0.29, 0.717) is 5.92 Å². The van der Waals surface area contributed by atoms with Crippen LogP contribution in [-0.2, 0) is 0 Å². The first kappa shape index (κ1) is 15.4. The minimum Gasteiger partial charge on any atom is -0.484 e. The third kappa shape index (κ3) is 3.10. The molecule has 23 heavy (non-hydrogen) atoms. The molecule has 2 aromatic rings. The zero-order valence-corrected chi connectivity index (χ0v) is 14.8. The third-order valence-electron chi connectivity index (χ3n) is 4.92. The molecule has 0 amide bonds. The summed E-state index contributed by atoms with van der Waals surface area (Å²) in [5, 5.41) is 0.738. The highest BCUT2D eigenvalue weighted by Gasteiger charge is 2.33. The summed E-state index contributed by atoms with van der Waals surface area (Å²) >= 11 is 7.99. The first-order valence-corrected chi connectivity index (χ1v) is 9.44. The molecule has 0 bridgehead atoms. The summed E-state index contributed by atoms with van der Waals surface area (Å²) < 4.78 is 6.52. The fourth-order valence-corrected chi connectivity index (χ4v) is 4.76. The molecule has 0 aliphatic carbocycles. The molecule has 1 atom stereocenters. The Bertz CT molecular complexity index is 712. The van der Waals surface area contributed by atoms with E-state index in [-0.39, 0.29) is 6.10 Å². The molecule has 2 aliphatic rings. The quantitative estimate of drug-likeness (QED) is 0.842.